The molecule has 2 aliphatic rings. The molecule has 1 aromatic heterocycles. The van der Waals surface area contributed by atoms with Crippen molar-refractivity contribution in [3.05, 3.63) is 47.8 Å². The summed E-state index contributed by atoms with van der Waals surface area (Å²) in [7, 11) is -2.65. The molecule has 33 heavy (non-hydrogen) atoms. The van der Waals surface area contributed by atoms with E-state index < -0.39 is 15.8 Å². The molecule has 0 bridgehead atoms. The van der Waals surface area contributed by atoms with Crippen LogP contribution in [-0.2, 0) is 17.2 Å². The van der Waals surface area contributed by atoms with Crippen molar-refractivity contribution in [1.29, 1.82) is 0 Å². The molecule has 0 unspecified atom stereocenters. The van der Waals surface area contributed by atoms with Crippen LogP contribution in [0.15, 0.2) is 57.9 Å². The van der Waals surface area contributed by atoms with Gasteiger partial charge in [-0.3, -0.25) is 14.2 Å². The molecule has 0 atom stereocenters. The van der Waals surface area contributed by atoms with Gasteiger partial charge in [-0.2, -0.15) is 18.6 Å². The molecule has 1 fully saturated rings. The molecular formula is C23H30N6O3S. The SMILES string of the molecule is C=C1/C(=N\N(c2ccc3nn(C)cc3c2)C(C)(C)N=CCC)C(S(=O)(=O)O)=CN1CC1CC1. The normalized spacial score (nSPS) is 18.7. The summed E-state index contributed by atoms with van der Waals surface area (Å²) in [6.45, 7) is 10.5. The molecule has 4 rings (SSSR count). The lowest BCUT2D eigenvalue weighted by atomic mass is 10.1. The Labute approximate surface area is 194 Å². The summed E-state index contributed by atoms with van der Waals surface area (Å²) in [5, 5.41) is 11.8. The Bertz CT molecular complexity index is 1280. The van der Waals surface area contributed by atoms with Gasteiger partial charge in [0.05, 0.1) is 16.9 Å². The summed E-state index contributed by atoms with van der Waals surface area (Å²) in [6, 6.07) is 5.70. The molecule has 176 valence electrons. The molecular weight excluding hydrogens is 440 g/mol. The Morgan fingerprint density at radius 1 is 1.36 bits per heavy atom. The van der Waals surface area contributed by atoms with Crippen LogP contribution in [0.4, 0.5) is 5.69 Å². The topological polar surface area (TPSA) is 103 Å². The first-order chi connectivity index (χ1) is 15.5. The number of allylic oxidation sites excluding steroid dienone is 1. The minimum atomic E-state index is -4.51. The molecule has 0 radical (unpaired) electrons. The van der Waals surface area contributed by atoms with E-state index in [1.54, 1.807) is 20.8 Å². The number of benzene rings is 1. The summed E-state index contributed by atoms with van der Waals surface area (Å²) in [4.78, 5) is 6.18. The van der Waals surface area contributed by atoms with Crippen molar-refractivity contribution in [2.24, 2.45) is 23.1 Å². The second-order valence-corrected chi connectivity index (χ2v) is 10.4. The summed E-state index contributed by atoms with van der Waals surface area (Å²) < 4.78 is 36.1. The zero-order valence-corrected chi connectivity index (χ0v) is 20.2. The van der Waals surface area contributed by atoms with E-state index >= 15 is 0 Å². The lowest BCUT2D eigenvalue weighted by molar-refractivity contribution is 0.464. The van der Waals surface area contributed by atoms with Crippen LogP contribution >= 0.6 is 0 Å². The van der Waals surface area contributed by atoms with Gasteiger partial charge in [0.15, 0.2) is 0 Å². The highest BCUT2D eigenvalue weighted by Crippen LogP contribution is 2.36. The number of hydrazone groups is 1. The van der Waals surface area contributed by atoms with E-state index in [9.17, 15) is 13.0 Å². The maximum atomic E-state index is 12.2. The zero-order valence-electron chi connectivity index (χ0n) is 19.4. The minimum absolute atomic E-state index is 0.115. The lowest BCUT2D eigenvalue weighted by Crippen LogP contribution is -2.40. The van der Waals surface area contributed by atoms with Gasteiger partial charge in [0, 0.05) is 37.6 Å². The van der Waals surface area contributed by atoms with Crippen molar-refractivity contribution in [3.8, 4) is 0 Å². The van der Waals surface area contributed by atoms with Crippen LogP contribution in [0.1, 0.15) is 40.0 Å². The van der Waals surface area contributed by atoms with Crippen molar-refractivity contribution in [2.45, 2.75) is 45.7 Å². The van der Waals surface area contributed by atoms with Crippen molar-refractivity contribution >= 4 is 38.6 Å². The van der Waals surface area contributed by atoms with E-state index in [4.69, 9.17) is 5.10 Å². The van der Waals surface area contributed by atoms with Crippen molar-refractivity contribution in [2.75, 3.05) is 11.6 Å². The van der Waals surface area contributed by atoms with Gasteiger partial charge in [0.1, 0.15) is 16.3 Å². The molecule has 10 heteroatoms. The van der Waals surface area contributed by atoms with Crippen LogP contribution < -0.4 is 5.01 Å². The monoisotopic (exact) mass is 470 g/mol. The quantitative estimate of drug-likeness (QED) is 0.356. The number of aryl methyl sites for hydroxylation is 1. The van der Waals surface area contributed by atoms with E-state index in [-0.39, 0.29) is 10.6 Å². The van der Waals surface area contributed by atoms with E-state index in [2.05, 4.69) is 16.7 Å². The van der Waals surface area contributed by atoms with Crippen LogP contribution in [0.25, 0.3) is 10.9 Å². The maximum absolute atomic E-state index is 12.2. The molecule has 2 aromatic rings. The third kappa shape index (κ3) is 4.86. The zero-order chi connectivity index (χ0) is 24.0. The predicted octanol–water partition coefficient (Wildman–Crippen LogP) is 3.92. The highest BCUT2D eigenvalue weighted by molar-refractivity contribution is 7.91. The average molecular weight is 471 g/mol. The fourth-order valence-corrected chi connectivity index (χ4v) is 4.49. The summed E-state index contributed by atoms with van der Waals surface area (Å²) in [5.41, 5.74) is 1.27. The van der Waals surface area contributed by atoms with Crippen molar-refractivity contribution < 1.29 is 13.0 Å². The van der Waals surface area contributed by atoms with Crippen LogP contribution in [0.5, 0.6) is 0 Å². The van der Waals surface area contributed by atoms with Gasteiger partial charge in [-0.15, -0.1) is 0 Å². The number of hydrogen-bond acceptors (Lipinski definition) is 7. The number of nitrogens with zero attached hydrogens (tertiary/aromatic N) is 6. The van der Waals surface area contributed by atoms with E-state index in [1.165, 1.54) is 6.20 Å². The second kappa shape index (κ2) is 8.42. The van der Waals surface area contributed by atoms with Crippen LogP contribution in [0, 0.1) is 5.92 Å². The van der Waals surface area contributed by atoms with E-state index in [0.29, 0.717) is 23.8 Å². The molecule has 9 nitrogen and oxygen atoms in total. The number of aromatic nitrogens is 2. The fourth-order valence-electron chi connectivity index (χ4n) is 3.83. The molecule has 1 saturated carbocycles. The van der Waals surface area contributed by atoms with Gasteiger partial charge in [-0.05, 0) is 57.2 Å². The molecule has 1 aliphatic carbocycles. The molecule has 2 heterocycles. The largest absolute Gasteiger partial charge is 0.345 e. The standard InChI is InChI=1S/C23H30N6O3S/c1-6-11-24-23(3,4)29(19-9-10-20-18(12-19)14-27(5)25-20)26-22-16(2)28(13-17-7-8-17)15-21(22)33(30,31)32/h9-12,14-15,17H,2,6-8,13H2,1,3-5H3,(H,30,31,32)/b24-11?,26-22+. The lowest BCUT2D eigenvalue weighted by Gasteiger charge is -2.34. The minimum Gasteiger partial charge on any atom is -0.345 e. The van der Waals surface area contributed by atoms with E-state index in [0.717, 1.165) is 30.2 Å². The Morgan fingerprint density at radius 2 is 2.09 bits per heavy atom. The number of aliphatic imine (C=N–C) groups is 1. The van der Waals surface area contributed by atoms with Gasteiger partial charge < -0.3 is 4.90 Å². The number of hydrogen-bond donors (Lipinski definition) is 1. The maximum Gasteiger partial charge on any atom is 0.298 e. The molecule has 1 aliphatic heterocycles. The Kier molecular flexibility index (Phi) is 5.92. The first-order valence-corrected chi connectivity index (χ1v) is 12.4. The molecule has 0 saturated heterocycles. The summed E-state index contributed by atoms with van der Waals surface area (Å²) in [5.74, 6) is 0.495. The Hall–Kier alpha value is -2.98. The number of anilines is 1. The van der Waals surface area contributed by atoms with E-state index in [1.807, 2.05) is 52.2 Å². The number of fused-ring (bicyclic) bond motifs is 1. The first kappa shape index (κ1) is 23.2. The van der Waals surface area contributed by atoms with Gasteiger partial charge in [0.25, 0.3) is 10.1 Å². The summed E-state index contributed by atoms with van der Waals surface area (Å²) >= 11 is 0. The highest BCUT2D eigenvalue weighted by atomic mass is 32.2. The average Bonchev–Trinajstić information content (AvgIpc) is 3.38. The van der Waals surface area contributed by atoms with Gasteiger partial charge in [-0.25, -0.2) is 5.01 Å². The van der Waals surface area contributed by atoms with Crippen LogP contribution in [0.3, 0.4) is 0 Å². The molecule has 0 amide bonds. The third-order valence-corrected chi connectivity index (χ3v) is 6.57. The van der Waals surface area contributed by atoms with Crippen LogP contribution in [0.2, 0.25) is 0 Å². The molecule has 0 spiro atoms. The first-order valence-electron chi connectivity index (χ1n) is 11.0. The fraction of sp³-hybridized carbons (Fsp3) is 0.435. The molecule has 1 N–H and O–H groups in total. The van der Waals surface area contributed by atoms with Gasteiger partial charge in [0.2, 0.25) is 0 Å². The van der Waals surface area contributed by atoms with Gasteiger partial charge >= 0.3 is 0 Å². The predicted molar refractivity (Wildman–Crippen MR) is 132 cm³/mol. The highest BCUT2D eigenvalue weighted by Gasteiger charge is 2.37. The Morgan fingerprint density at radius 3 is 2.73 bits per heavy atom. The Balaban J connectivity index is 1.84. The third-order valence-electron chi connectivity index (χ3n) is 5.71. The van der Waals surface area contributed by atoms with Crippen molar-refractivity contribution in [1.82, 2.24) is 14.7 Å². The summed E-state index contributed by atoms with van der Waals surface area (Å²) in [6.07, 6.45) is 8.08. The van der Waals surface area contributed by atoms with Crippen molar-refractivity contribution in [3.63, 3.8) is 0 Å². The second-order valence-electron chi connectivity index (χ2n) is 9.03. The molecule has 1 aromatic carbocycles. The smallest absolute Gasteiger partial charge is 0.298 e. The number of rotatable bonds is 8. The van der Waals surface area contributed by atoms with Gasteiger partial charge in [-0.1, -0.05) is 13.5 Å². The van der Waals surface area contributed by atoms with Crippen LogP contribution in [-0.4, -0.2) is 51.8 Å².